The molecule has 136 valence electrons. The van der Waals surface area contributed by atoms with Crippen molar-refractivity contribution in [2.45, 2.75) is 6.54 Å². The van der Waals surface area contributed by atoms with E-state index in [2.05, 4.69) is 10.3 Å². The third-order valence-electron chi connectivity index (χ3n) is 3.76. The highest BCUT2D eigenvalue weighted by molar-refractivity contribution is 6.37. The smallest absolute Gasteiger partial charge is 0.323 e. The van der Waals surface area contributed by atoms with E-state index in [9.17, 15) is 14.4 Å². The van der Waals surface area contributed by atoms with Crippen LogP contribution in [0, 0.1) is 0 Å². The zero-order valence-electron chi connectivity index (χ0n) is 13.9. The molecule has 7 nitrogen and oxygen atoms in total. The molecule has 0 radical (unpaired) electrons. The minimum atomic E-state index is -1.16. The number of benzene rings is 1. The van der Waals surface area contributed by atoms with Gasteiger partial charge in [-0.05, 0) is 18.2 Å². The number of carboxylic acid groups (broad SMARTS) is 1. The second-order valence-corrected chi connectivity index (χ2v) is 6.02. The van der Waals surface area contributed by atoms with Crippen LogP contribution in [0.25, 0.3) is 11.1 Å². The standard InChI is InChI=1S/C19H14ClN3O4/c20-18-14(12-3-2-8-21-9-12)4-1-5-15(18)19(27)22-13-6-7-16(24)23(10-13)11-17(25)26/h1-10H,11H2,(H,22,27)(H,25,26). The summed E-state index contributed by atoms with van der Waals surface area (Å²) >= 11 is 6.41. The Bertz CT molecular complexity index is 1060. The zero-order valence-corrected chi connectivity index (χ0v) is 14.7. The van der Waals surface area contributed by atoms with Gasteiger partial charge in [-0.1, -0.05) is 29.8 Å². The highest BCUT2D eigenvalue weighted by Crippen LogP contribution is 2.30. The fourth-order valence-electron chi connectivity index (χ4n) is 2.53. The van der Waals surface area contributed by atoms with Gasteiger partial charge in [-0.3, -0.25) is 19.4 Å². The van der Waals surface area contributed by atoms with Gasteiger partial charge in [0.15, 0.2) is 0 Å². The minimum absolute atomic E-state index is 0.244. The van der Waals surface area contributed by atoms with Gasteiger partial charge in [-0.25, -0.2) is 0 Å². The Hall–Kier alpha value is -3.45. The highest BCUT2D eigenvalue weighted by atomic mass is 35.5. The average Bonchev–Trinajstić information content (AvgIpc) is 2.65. The van der Waals surface area contributed by atoms with Gasteiger partial charge in [-0.15, -0.1) is 0 Å². The van der Waals surface area contributed by atoms with E-state index in [1.165, 1.54) is 18.3 Å². The number of hydrogen-bond donors (Lipinski definition) is 2. The summed E-state index contributed by atoms with van der Waals surface area (Å²) in [7, 11) is 0. The van der Waals surface area contributed by atoms with Gasteiger partial charge < -0.3 is 15.0 Å². The van der Waals surface area contributed by atoms with Crippen LogP contribution in [0.2, 0.25) is 5.02 Å². The highest BCUT2D eigenvalue weighted by Gasteiger charge is 2.15. The topological polar surface area (TPSA) is 101 Å². The molecule has 2 heterocycles. The van der Waals surface area contributed by atoms with Crippen LogP contribution in [0.3, 0.4) is 0 Å². The van der Waals surface area contributed by atoms with Gasteiger partial charge in [-0.2, -0.15) is 0 Å². The van der Waals surface area contributed by atoms with E-state index in [0.29, 0.717) is 5.56 Å². The number of carbonyl (C=O) groups is 2. The number of amides is 1. The Labute approximate surface area is 158 Å². The number of aromatic nitrogens is 2. The van der Waals surface area contributed by atoms with Crippen LogP contribution in [0.1, 0.15) is 10.4 Å². The lowest BCUT2D eigenvalue weighted by Crippen LogP contribution is -2.24. The third-order valence-corrected chi connectivity index (χ3v) is 4.17. The molecule has 3 aromatic rings. The SMILES string of the molecule is O=C(O)Cn1cc(NC(=O)c2cccc(-c3cccnc3)c2Cl)ccc1=O. The fraction of sp³-hybridized carbons (Fsp3) is 0.0526. The molecule has 0 saturated heterocycles. The Morgan fingerprint density at radius 3 is 2.67 bits per heavy atom. The zero-order chi connectivity index (χ0) is 19.4. The van der Waals surface area contributed by atoms with Gasteiger partial charge in [0.25, 0.3) is 11.5 Å². The molecule has 0 spiro atoms. The van der Waals surface area contributed by atoms with Crippen LogP contribution in [-0.2, 0) is 11.3 Å². The van der Waals surface area contributed by atoms with E-state index in [1.54, 1.807) is 36.7 Å². The van der Waals surface area contributed by atoms with E-state index >= 15 is 0 Å². The third kappa shape index (κ3) is 4.21. The van der Waals surface area contributed by atoms with Gasteiger partial charge in [0.1, 0.15) is 6.54 Å². The second kappa shape index (κ2) is 7.84. The maximum absolute atomic E-state index is 12.6. The molecule has 1 amide bonds. The number of carboxylic acids is 1. The van der Waals surface area contributed by atoms with Gasteiger partial charge >= 0.3 is 5.97 Å². The number of pyridine rings is 2. The Morgan fingerprint density at radius 1 is 1.15 bits per heavy atom. The van der Waals surface area contributed by atoms with Crippen molar-refractivity contribution >= 4 is 29.2 Å². The monoisotopic (exact) mass is 383 g/mol. The van der Waals surface area contributed by atoms with Crippen LogP contribution < -0.4 is 10.9 Å². The first-order valence-corrected chi connectivity index (χ1v) is 8.26. The first kappa shape index (κ1) is 18.3. The first-order valence-electron chi connectivity index (χ1n) is 7.88. The largest absolute Gasteiger partial charge is 0.480 e. The summed E-state index contributed by atoms with van der Waals surface area (Å²) in [5.41, 5.74) is 1.48. The summed E-state index contributed by atoms with van der Waals surface area (Å²) in [5.74, 6) is -1.64. The average molecular weight is 384 g/mol. The van der Waals surface area contributed by atoms with Gasteiger partial charge in [0.05, 0.1) is 16.3 Å². The van der Waals surface area contributed by atoms with Crippen LogP contribution in [-0.4, -0.2) is 26.5 Å². The number of halogens is 1. The lowest BCUT2D eigenvalue weighted by atomic mass is 10.0. The number of carbonyl (C=O) groups excluding carboxylic acids is 1. The minimum Gasteiger partial charge on any atom is -0.480 e. The second-order valence-electron chi connectivity index (χ2n) is 5.64. The number of nitrogens with one attached hydrogen (secondary N) is 1. The molecule has 0 aliphatic rings. The Morgan fingerprint density at radius 2 is 1.96 bits per heavy atom. The maximum Gasteiger partial charge on any atom is 0.323 e. The normalized spacial score (nSPS) is 10.4. The fourth-order valence-corrected chi connectivity index (χ4v) is 2.85. The molecule has 3 rings (SSSR count). The van der Waals surface area contributed by atoms with Gasteiger partial charge in [0, 0.05) is 35.8 Å². The molecule has 27 heavy (non-hydrogen) atoms. The van der Waals surface area contributed by atoms with E-state index in [4.69, 9.17) is 16.7 Å². The predicted octanol–water partition coefficient (Wildman–Crippen LogP) is 2.90. The van der Waals surface area contributed by atoms with Crippen LogP contribution >= 0.6 is 11.6 Å². The Balaban J connectivity index is 1.89. The first-order chi connectivity index (χ1) is 13.0. The van der Waals surface area contributed by atoms with Crippen molar-refractivity contribution in [3.63, 3.8) is 0 Å². The van der Waals surface area contributed by atoms with Crippen molar-refractivity contribution in [1.29, 1.82) is 0 Å². The van der Waals surface area contributed by atoms with E-state index in [1.807, 2.05) is 6.07 Å². The van der Waals surface area contributed by atoms with Crippen molar-refractivity contribution in [3.05, 3.63) is 82.0 Å². The lowest BCUT2D eigenvalue weighted by Gasteiger charge is -2.11. The lowest BCUT2D eigenvalue weighted by molar-refractivity contribution is -0.137. The molecule has 1 aromatic carbocycles. The molecule has 0 atom stereocenters. The van der Waals surface area contributed by atoms with E-state index in [-0.39, 0.29) is 16.3 Å². The summed E-state index contributed by atoms with van der Waals surface area (Å²) in [5, 5.41) is 11.7. The molecular weight excluding hydrogens is 370 g/mol. The molecule has 2 N–H and O–H groups in total. The number of aliphatic carboxylic acids is 1. The molecule has 0 aliphatic heterocycles. The summed E-state index contributed by atoms with van der Waals surface area (Å²) < 4.78 is 0.992. The molecule has 2 aromatic heterocycles. The molecule has 0 saturated carbocycles. The summed E-state index contributed by atoms with van der Waals surface area (Å²) in [6.45, 7) is -0.500. The summed E-state index contributed by atoms with van der Waals surface area (Å²) in [6, 6.07) is 11.2. The molecular formula is C19H14ClN3O4. The summed E-state index contributed by atoms with van der Waals surface area (Å²) in [4.78, 5) is 39.2. The van der Waals surface area contributed by atoms with Crippen molar-refractivity contribution in [1.82, 2.24) is 9.55 Å². The molecule has 0 fully saturated rings. The predicted molar refractivity (Wildman–Crippen MR) is 101 cm³/mol. The maximum atomic E-state index is 12.6. The van der Waals surface area contributed by atoms with Gasteiger partial charge in [0.2, 0.25) is 0 Å². The van der Waals surface area contributed by atoms with Crippen LogP contribution in [0.4, 0.5) is 5.69 Å². The van der Waals surface area contributed by atoms with Crippen molar-refractivity contribution < 1.29 is 14.7 Å². The molecule has 8 heteroatoms. The quantitative estimate of drug-likeness (QED) is 0.705. The van der Waals surface area contributed by atoms with Crippen molar-refractivity contribution in [2.75, 3.05) is 5.32 Å². The number of rotatable bonds is 5. The van der Waals surface area contributed by atoms with Crippen LogP contribution in [0.15, 0.2) is 65.8 Å². The molecule has 0 unspecified atom stereocenters. The van der Waals surface area contributed by atoms with Crippen molar-refractivity contribution in [2.24, 2.45) is 0 Å². The number of nitrogens with zero attached hydrogens (tertiary/aromatic N) is 2. The number of hydrogen-bond acceptors (Lipinski definition) is 4. The molecule has 0 aliphatic carbocycles. The van der Waals surface area contributed by atoms with E-state index < -0.39 is 24.0 Å². The molecule has 0 bridgehead atoms. The van der Waals surface area contributed by atoms with Crippen LogP contribution in [0.5, 0.6) is 0 Å². The summed E-state index contributed by atoms with van der Waals surface area (Å²) in [6.07, 6.45) is 4.55. The number of anilines is 1. The van der Waals surface area contributed by atoms with Crippen molar-refractivity contribution in [3.8, 4) is 11.1 Å². The van der Waals surface area contributed by atoms with E-state index in [0.717, 1.165) is 10.1 Å². The Kier molecular flexibility index (Phi) is 5.33.